The lowest BCUT2D eigenvalue weighted by Crippen LogP contribution is -2.25. The monoisotopic (exact) mass is 428 g/mol. The van der Waals surface area contributed by atoms with Crippen LogP contribution in [-0.2, 0) is 6.54 Å². The molecule has 0 atom stereocenters. The summed E-state index contributed by atoms with van der Waals surface area (Å²) in [5.74, 6) is 1.06. The molecule has 1 amide bonds. The first-order valence-corrected chi connectivity index (χ1v) is 10.2. The first kappa shape index (κ1) is 21.1. The number of carbonyl (C=O) groups excluding carboxylic acids is 1. The average Bonchev–Trinajstić information content (AvgIpc) is 3.28. The molecule has 2 aromatic heterocycles. The zero-order valence-corrected chi connectivity index (χ0v) is 18.2. The fourth-order valence-electron chi connectivity index (χ4n) is 3.34. The molecule has 7 nitrogen and oxygen atoms in total. The van der Waals surface area contributed by atoms with Gasteiger partial charge in [-0.3, -0.25) is 9.78 Å². The van der Waals surface area contributed by atoms with Gasteiger partial charge in [-0.15, -0.1) is 0 Å². The molecule has 4 rings (SSSR count). The van der Waals surface area contributed by atoms with Crippen molar-refractivity contribution in [2.75, 3.05) is 14.2 Å². The third-order valence-electron chi connectivity index (χ3n) is 5.11. The van der Waals surface area contributed by atoms with E-state index in [1.165, 1.54) is 0 Å². The van der Waals surface area contributed by atoms with Gasteiger partial charge in [0.15, 0.2) is 0 Å². The molecule has 0 unspecified atom stereocenters. The Morgan fingerprint density at radius 2 is 1.72 bits per heavy atom. The smallest absolute Gasteiger partial charge is 0.270 e. The van der Waals surface area contributed by atoms with E-state index in [2.05, 4.69) is 10.3 Å². The number of rotatable bonds is 7. The SMILES string of the molecule is COc1ccc(-c2cc(C(=O)NCc3ccncc3)n(-c3ccc(C)cc3)n2)c(OC)c1. The Labute approximate surface area is 186 Å². The van der Waals surface area contributed by atoms with Crippen molar-refractivity contribution in [2.24, 2.45) is 0 Å². The highest BCUT2D eigenvalue weighted by molar-refractivity contribution is 5.94. The molecule has 0 spiro atoms. The number of carbonyl (C=O) groups is 1. The maximum Gasteiger partial charge on any atom is 0.270 e. The number of aromatic nitrogens is 3. The Kier molecular flexibility index (Phi) is 6.17. The van der Waals surface area contributed by atoms with Gasteiger partial charge in [0.2, 0.25) is 0 Å². The number of aryl methyl sites for hydroxylation is 1. The van der Waals surface area contributed by atoms with Gasteiger partial charge in [-0.2, -0.15) is 5.10 Å². The van der Waals surface area contributed by atoms with Crippen molar-refractivity contribution in [3.05, 3.63) is 89.9 Å². The van der Waals surface area contributed by atoms with Crippen LogP contribution in [-0.4, -0.2) is 34.9 Å². The summed E-state index contributed by atoms with van der Waals surface area (Å²) in [5, 5.41) is 7.72. The number of amides is 1. The van der Waals surface area contributed by atoms with Crippen molar-refractivity contribution in [1.29, 1.82) is 0 Å². The van der Waals surface area contributed by atoms with Gasteiger partial charge in [-0.05, 0) is 55.0 Å². The van der Waals surface area contributed by atoms with Gasteiger partial charge in [0.25, 0.3) is 5.91 Å². The van der Waals surface area contributed by atoms with Crippen LogP contribution in [0.15, 0.2) is 73.1 Å². The van der Waals surface area contributed by atoms with Crippen molar-refractivity contribution in [1.82, 2.24) is 20.1 Å². The number of hydrogen-bond donors (Lipinski definition) is 1. The number of pyridine rings is 1. The van der Waals surface area contributed by atoms with E-state index in [0.29, 0.717) is 29.4 Å². The Morgan fingerprint density at radius 1 is 0.969 bits per heavy atom. The van der Waals surface area contributed by atoms with Crippen LogP contribution in [0.2, 0.25) is 0 Å². The van der Waals surface area contributed by atoms with Gasteiger partial charge < -0.3 is 14.8 Å². The zero-order valence-electron chi connectivity index (χ0n) is 18.2. The number of ether oxygens (including phenoxy) is 2. The van der Waals surface area contributed by atoms with Crippen molar-refractivity contribution in [3.63, 3.8) is 0 Å². The summed E-state index contributed by atoms with van der Waals surface area (Å²) in [6, 6.07) is 18.9. The fourth-order valence-corrected chi connectivity index (χ4v) is 3.34. The summed E-state index contributed by atoms with van der Waals surface area (Å²) >= 11 is 0. The molecule has 1 N–H and O–H groups in total. The summed E-state index contributed by atoms with van der Waals surface area (Å²) in [4.78, 5) is 17.1. The van der Waals surface area contributed by atoms with E-state index in [0.717, 1.165) is 22.4 Å². The molecular formula is C25H24N4O3. The molecule has 2 aromatic carbocycles. The molecule has 0 radical (unpaired) electrons. The number of methoxy groups -OCH3 is 2. The van der Waals surface area contributed by atoms with E-state index < -0.39 is 0 Å². The highest BCUT2D eigenvalue weighted by Gasteiger charge is 2.20. The van der Waals surface area contributed by atoms with E-state index in [1.54, 1.807) is 43.4 Å². The molecule has 4 aromatic rings. The van der Waals surface area contributed by atoms with Crippen LogP contribution in [0.25, 0.3) is 16.9 Å². The highest BCUT2D eigenvalue weighted by Crippen LogP contribution is 2.33. The van der Waals surface area contributed by atoms with E-state index in [-0.39, 0.29) is 5.91 Å². The van der Waals surface area contributed by atoms with Gasteiger partial charge in [0, 0.05) is 30.6 Å². The molecule has 7 heteroatoms. The summed E-state index contributed by atoms with van der Waals surface area (Å²) in [5.41, 5.74) is 4.70. The molecule has 0 saturated carbocycles. The lowest BCUT2D eigenvalue weighted by Gasteiger charge is -2.09. The molecule has 0 aliphatic heterocycles. The van der Waals surface area contributed by atoms with Gasteiger partial charge in [-0.1, -0.05) is 17.7 Å². The van der Waals surface area contributed by atoms with Crippen LogP contribution in [0, 0.1) is 6.92 Å². The average molecular weight is 428 g/mol. The Morgan fingerprint density at radius 3 is 2.41 bits per heavy atom. The van der Waals surface area contributed by atoms with Crippen molar-refractivity contribution in [2.45, 2.75) is 13.5 Å². The third kappa shape index (κ3) is 4.46. The topological polar surface area (TPSA) is 78.3 Å². The molecule has 2 heterocycles. The minimum atomic E-state index is -0.228. The normalized spacial score (nSPS) is 10.6. The Bertz CT molecular complexity index is 1220. The zero-order chi connectivity index (χ0) is 22.5. The summed E-state index contributed by atoms with van der Waals surface area (Å²) in [6.45, 7) is 2.41. The maximum atomic E-state index is 13.1. The molecule has 32 heavy (non-hydrogen) atoms. The second-order valence-corrected chi connectivity index (χ2v) is 7.27. The minimum Gasteiger partial charge on any atom is -0.497 e. The van der Waals surface area contributed by atoms with Crippen LogP contribution >= 0.6 is 0 Å². The van der Waals surface area contributed by atoms with Gasteiger partial charge >= 0.3 is 0 Å². The number of nitrogens with one attached hydrogen (secondary N) is 1. The lowest BCUT2D eigenvalue weighted by atomic mass is 10.1. The van der Waals surface area contributed by atoms with Crippen LogP contribution in [0.5, 0.6) is 11.5 Å². The first-order valence-electron chi connectivity index (χ1n) is 10.2. The standard InChI is InChI=1S/C25H24N4O3/c1-17-4-6-19(7-5-17)29-23(25(30)27-16-18-10-12-26-13-11-18)15-22(28-29)21-9-8-20(31-2)14-24(21)32-3/h4-15H,16H2,1-3H3,(H,27,30). The van der Waals surface area contributed by atoms with Crippen molar-refractivity contribution >= 4 is 5.91 Å². The summed E-state index contributed by atoms with van der Waals surface area (Å²) < 4.78 is 12.5. The molecule has 0 aliphatic carbocycles. The predicted octanol–water partition coefficient (Wildman–Crippen LogP) is 4.19. The summed E-state index contributed by atoms with van der Waals surface area (Å²) in [6.07, 6.45) is 3.40. The molecule has 162 valence electrons. The predicted molar refractivity (Wildman–Crippen MR) is 122 cm³/mol. The molecule has 0 bridgehead atoms. The fraction of sp³-hybridized carbons (Fsp3) is 0.160. The van der Waals surface area contributed by atoms with Crippen LogP contribution in [0.4, 0.5) is 0 Å². The molecular weight excluding hydrogens is 404 g/mol. The molecule has 0 aliphatic rings. The van der Waals surface area contributed by atoms with Crippen LogP contribution in [0.3, 0.4) is 0 Å². The number of benzene rings is 2. The van der Waals surface area contributed by atoms with Crippen LogP contribution in [0.1, 0.15) is 21.6 Å². The van der Waals surface area contributed by atoms with Crippen LogP contribution < -0.4 is 14.8 Å². The first-order chi connectivity index (χ1) is 15.6. The van der Waals surface area contributed by atoms with Crippen molar-refractivity contribution < 1.29 is 14.3 Å². The van der Waals surface area contributed by atoms with Gasteiger partial charge in [0.1, 0.15) is 17.2 Å². The third-order valence-corrected chi connectivity index (χ3v) is 5.11. The maximum absolute atomic E-state index is 13.1. The Hall–Kier alpha value is -4.13. The van der Waals surface area contributed by atoms with E-state index in [9.17, 15) is 4.79 Å². The second-order valence-electron chi connectivity index (χ2n) is 7.27. The van der Waals surface area contributed by atoms with E-state index in [1.807, 2.05) is 55.5 Å². The largest absolute Gasteiger partial charge is 0.497 e. The van der Waals surface area contributed by atoms with Gasteiger partial charge in [0.05, 0.1) is 25.6 Å². The van der Waals surface area contributed by atoms with E-state index in [4.69, 9.17) is 14.6 Å². The number of hydrogen-bond acceptors (Lipinski definition) is 5. The Balaban J connectivity index is 1.73. The minimum absolute atomic E-state index is 0.228. The quantitative estimate of drug-likeness (QED) is 0.478. The van der Waals surface area contributed by atoms with Crippen molar-refractivity contribution in [3.8, 4) is 28.4 Å². The molecule has 0 saturated heterocycles. The van der Waals surface area contributed by atoms with Gasteiger partial charge in [-0.25, -0.2) is 4.68 Å². The lowest BCUT2D eigenvalue weighted by molar-refractivity contribution is 0.0943. The highest BCUT2D eigenvalue weighted by atomic mass is 16.5. The second kappa shape index (κ2) is 9.34. The number of nitrogens with zero attached hydrogens (tertiary/aromatic N) is 3. The summed E-state index contributed by atoms with van der Waals surface area (Å²) in [7, 11) is 3.20. The molecule has 0 fully saturated rings. The van der Waals surface area contributed by atoms with E-state index >= 15 is 0 Å².